The summed E-state index contributed by atoms with van der Waals surface area (Å²) in [4.78, 5) is 10.1. The van der Waals surface area contributed by atoms with Crippen LogP contribution in [-0.4, -0.2) is 18.0 Å². The number of nitrogens with zero attached hydrogens (tertiary/aromatic N) is 2. The molecule has 0 spiro atoms. The van der Waals surface area contributed by atoms with E-state index in [1.54, 1.807) is 0 Å². The van der Waals surface area contributed by atoms with Gasteiger partial charge in [-0.3, -0.25) is 4.98 Å². The van der Waals surface area contributed by atoms with Gasteiger partial charge in [-0.05, 0) is 56.1 Å². The molecule has 161 valence electrons. The van der Waals surface area contributed by atoms with E-state index in [0.717, 1.165) is 22.2 Å². The second-order valence-electron chi connectivity index (χ2n) is 9.49. The molecule has 4 heteroatoms. The second-order valence-corrected chi connectivity index (χ2v) is 13.8. The monoisotopic (exact) mass is 618 g/mol. The van der Waals surface area contributed by atoms with Gasteiger partial charge >= 0.3 is 0 Å². The van der Waals surface area contributed by atoms with Gasteiger partial charge in [0.05, 0.1) is 8.07 Å². The van der Waals surface area contributed by atoms with Crippen molar-refractivity contribution in [3.63, 3.8) is 0 Å². The van der Waals surface area contributed by atoms with Crippen molar-refractivity contribution in [1.82, 2.24) is 9.97 Å². The summed E-state index contributed by atoms with van der Waals surface area (Å²) in [5.74, 6) is 0. The van der Waals surface area contributed by atoms with Crippen molar-refractivity contribution < 1.29 is 20.1 Å². The Morgan fingerprint density at radius 2 is 1.64 bits per heavy atom. The van der Waals surface area contributed by atoms with Crippen LogP contribution in [0.1, 0.15) is 5.56 Å². The van der Waals surface area contributed by atoms with Crippen LogP contribution < -0.4 is 10.5 Å². The van der Waals surface area contributed by atoms with Gasteiger partial charge in [0.15, 0.2) is 0 Å². The van der Waals surface area contributed by atoms with Gasteiger partial charge in [-0.2, -0.15) is 0 Å². The molecule has 0 saturated heterocycles. The number of aryl methyl sites for hydroxylation is 1. The molecule has 0 N–H and O–H groups in total. The number of pyridine rings is 2. The van der Waals surface area contributed by atoms with Crippen molar-refractivity contribution in [2.75, 3.05) is 0 Å². The largest absolute Gasteiger partial charge is 0.332 e. The zero-order valence-corrected chi connectivity index (χ0v) is 22.1. The number of hydrogen-bond acceptors (Lipinski definition) is 2. The van der Waals surface area contributed by atoms with Crippen LogP contribution >= 0.6 is 0 Å². The normalized spacial score (nSPS) is 13.9. The first kappa shape index (κ1) is 20.7. The standard InChI is InChI=1S/C29H21N2Si.Ir/c1-17-8-9-18-10-11-20-21-12-13-30-28-24-15-19-6-4-5-7-25(19)31-29(24)32(2,3)26(27(21)28)16-23(20)22(18)14-17;/h4-14,16H,1-3H3;/q-1;. The molecule has 0 atom stereocenters. The van der Waals surface area contributed by atoms with Crippen molar-refractivity contribution in [2.24, 2.45) is 0 Å². The van der Waals surface area contributed by atoms with Gasteiger partial charge in [-0.1, -0.05) is 89.4 Å². The Labute approximate surface area is 207 Å². The Bertz CT molecular complexity index is 1770. The Balaban J connectivity index is 0.00000206. The first-order valence-corrected chi connectivity index (χ1v) is 14.1. The Kier molecular flexibility index (Phi) is 4.41. The van der Waals surface area contributed by atoms with Crippen LogP contribution in [0.2, 0.25) is 13.1 Å². The van der Waals surface area contributed by atoms with Crippen LogP contribution in [-0.2, 0) is 20.1 Å². The van der Waals surface area contributed by atoms with Crippen molar-refractivity contribution in [3.8, 4) is 11.3 Å². The van der Waals surface area contributed by atoms with E-state index >= 15 is 0 Å². The van der Waals surface area contributed by atoms with Crippen molar-refractivity contribution in [2.45, 2.75) is 20.0 Å². The summed E-state index contributed by atoms with van der Waals surface area (Å²) >= 11 is 0. The molecule has 1 radical (unpaired) electrons. The minimum atomic E-state index is -2.08. The summed E-state index contributed by atoms with van der Waals surface area (Å²) in [6.45, 7) is 7.02. The number of hydrogen-bond donors (Lipinski definition) is 0. The molecular weight excluding hydrogens is 597 g/mol. The van der Waals surface area contributed by atoms with E-state index in [1.807, 2.05) is 6.20 Å². The molecule has 0 saturated carbocycles. The van der Waals surface area contributed by atoms with Crippen LogP contribution in [0.15, 0.2) is 72.9 Å². The van der Waals surface area contributed by atoms with E-state index in [1.165, 1.54) is 48.4 Å². The molecule has 2 nitrogen and oxygen atoms in total. The summed E-state index contributed by atoms with van der Waals surface area (Å²) in [6.07, 6.45) is 1.95. The summed E-state index contributed by atoms with van der Waals surface area (Å²) in [5, 5.41) is 11.5. The number of benzene rings is 4. The molecule has 0 bridgehead atoms. The Hall–Kier alpha value is -2.91. The summed E-state index contributed by atoms with van der Waals surface area (Å²) in [6, 6.07) is 27.9. The first-order chi connectivity index (χ1) is 15.5. The molecule has 7 rings (SSSR count). The fourth-order valence-corrected chi connectivity index (χ4v) is 8.35. The molecule has 1 aliphatic rings. The fourth-order valence-electron chi connectivity index (χ4n) is 5.50. The van der Waals surface area contributed by atoms with Gasteiger partial charge in [0, 0.05) is 32.0 Å². The molecule has 0 unspecified atom stereocenters. The second kappa shape index (κ2) is 7.04. The van der Waals surface area contributed by atoms with E-state index < -0.39 is 8.07 Å². The van der Waals surface area contributed by atoms with E-state index in [9.17, 15) is 0 Å². The smallest absolute Gasteiger partial charge is 0.0968 e. The van der Waals surface area contributed by atoms with Crippen molar-refractivity contribution >= 4 is 61.8 Å². The summed E-state index contributed by atoms with van der Waals surface area (Å²) in [5.41, 5.74) is 4.43. The zero-order valence-electron chi connectivity index (χ0n) is 18.7. The van der Waals surface area contributed by atoms with Gasteiger partial charge in [-0.25, -0.2) is 0 Å². The molecule has 1 aliphatic heterocycles. The number of para-hydroxylation sites is 1. The summed E-state index contributed by atoms with van der Waals surface area (Å²) < 4.78 is 0. The maximum absolute atomic E-state index is 5.20. The van der Waals surface area contributed by atoms with Gasteiger partial charge in [0.1, 0.15) is 0 Å². The number of fused-ring (bicyclic) bond motifs is 7. The molecule has 3 heterocycles. The first-order valence-electron chi connectivity index (χ1n) is 11.1. The predicted octanol–water partition coefficient (Wildman–Crippen LogP) is 6.00. The molecule has 33 heavy (non-hydrogen) atoms. The van der Waals surface area contributed by atoms with Gasteiger partial charge in [-0.15, -0.1) is 12.1 Å². The SMILES string of the molecule is Cc1ccc2ccc3c4ccnc5c4c(cc3c2c1)[Si](C)(C)c1nc2ccccc2[c-]c1-5.[Ir]. The molecule has 2 aromatic heterocycles. The fraction of sp³-hybridized carbons (Fsp3) is 0.103. The van der Waals surface area contributed by atoms with Crippen LogP contribution in [0.3, 0.4) is 0 Å². The van der Waals surface area contributed by atoms with Crippen LogP contribution in [0.4, 0.5) is 0 Å². The van der Waals surface area contributed by atoms with Crippen molar-refractivity contribution in [3.05, 3.63) is 84.6 Å². The zero-order chi connectivity index (χ0) is 21.6. The maximum atomic E-state index is 5.20. The molecule has 4 aromatic carbocycles. The third-order valence-electron chi connectivity index (χ3n) is 7.15. The minimum Gasteiger partial charge on any atom is -0.332 e. The average molecular weight is 618 g/mol. The molecule has 0 aliphatic carbocycles. The molecule has 6 aromatic rings. The van der Waals surface area contributed by atoms with Crippen molar-refractivity contribution in [1.29, 1.82) is 0 Å². The van der Waals surface area contributed by atoms with Gasteiger partial charge in [0.25, 0.3) is 0 Å². The summed E-state index contributed by atoms with van der Waals surface area (Å²) in [7, 11) is -2.08. The number of rotatable bonds is 0. The van der Waals surface area contributed by atoms with Crippen LogP contribution in [0.5, 0.6) is 0 Å². The van der Waals surface area contributed by atoms with E-state index in [0.29, 0.717) is 0 Å². The maximum Gasteiger partial charge on any atom is 0.0968 e. The number of aromatic nitrogens is 2. The average Bonchev–Trinajstić information content (AvgIpc) is 2.81. The van der Waals surface area contributed by atoms with E-state index in [-0.39, 0.29) is 20.1 Å². The van der Waals surface area contributed by atoms with Gasteiger partial charge < -0.3 is 4.98 Å². The van der Waals surface area contributed by atoms with Crippen LogP contribution in [0, 0.1) is 13.0 Å². The van der Waals surface area contributed by atoms with Gasteiger partial charge in [0.2, 0.25) is 0 Å². The third kappa shape index (κ3) is 2.75. The quantitative estimate of drug-likeness (QED) is 0.119. The topological polar surface area (TPSA) is 25.8 Å². The Morgan fingerprint density at radius 1 is 0.818 bits per heavy atom. The third-order valence-corrected chi connectivity index (χ3v) is 10.4. The predicted molar refractivity (Wildman–Crippen MR) is 138 cm³/mol. The van der Waals surface area contributed by atoms with Crippen LogP contribution in [0.25, 0.3) is 54.5 Å². The molecular formula is C29H21IrN2Si-. The molecule has 0 amide bonds. The van der Waals surface area contributed by atoms with E-state index in [4.69, 9.17) is 9.97 Å². The Morgan fingerprint density at radius 3 is 2.52 bits per heavy atom. The molecule has 0 fully saturated rings. The van der Waals surface area contributed by atoms with E-state index in [2.05, 4.69) is 92.8 Å². The minimum absolute atomic E-state index is 0.